The molecular formula is C10H14FN3O2. The maximum Gasteiger partial charge on any atom is 0.295 e. The average Bonchev–Trinajstić information content (AvgIpc) is 2.20. The number of halogens is 1. The van der Waals surface area contributed by atoms with Gasteiger partial charge >= 0.3 is 0 Å². The fourth-order valence-corrected chi connectivity index (χ4v) is 1.17. The highest BCUT2D eigenvalue weighted by Crippen LogP contribution is 2.27. The normalized spacial score (nSPS) is 14.2. The van der Waals surface area contributed by atoms with Crippen LogP contribution in [0.15, 0.2) is 18.2 Å². The van der Waals surface area contributed by atoms with E-state index in [0.29, 0.717) is 0 Å². The minimum Gasteiger partial charge on any atom is -0.373 e. The van der Waals surface area contributed by atoms with Crippen LogP contribution < -0.4 is 11.1 Å². The van der Waals surface area contributed by atoms with Gasteiger partial charge in [0.2, 0.25) is 0 Å². The second kappa shape index (κ2) is 4.89. The third kappa shape index (κ3) is 2.66. The number of anilines is 1. The van der Waals surface area contributed by atoms with Crippen molar-refractivity contribution < 1.29 is 9.31 Å². The van der Waals surface area contributed by atoms with Gasteiger partial charge in [-0.05, 0) is 19.9 Å². The second-order valence-corrected chi connectivity index (χ2v) is 3.68. The summed E-state index contributed by atoms with van der Waals surface area (Å²) in [5.74, 6) is -0.651. The SMILES string of the molecule is CC(N)C(C)Nc1c(F)cccc1[N+](=O)[O-]. The van der Waals surface area contributed by atoms with Crippen LogP contribution in [0.3, 0.4) is 0 Å². The molecule has 1 aromatic rings. The number of para-hydroxylation sites is 1. The predicted octanol–water partition coefficient (Wildman–Crippen LogP) is 1.88. The summed E-state index contributed by atoms with van der Waals surface area (Å²) in [5.41, 5.74) is 5.21. The summed E-state index contributed by atoms with van der Waals surface area (Å²) in [7, 11) is 0. The molecule has 0 saturated heterocycles. The van der Waals surface area contributed by atoms with Crippen LogP contribution in [-0.4, -0.2) is 17.0 Å². The zero-order valence-corrected chi connectivity index (χ0v) is 9.11. The molecule has 0 radical (unpaired) electrons. The average molecular weight is 227 g/mol. The van der Waals surface area contributed by atoms with Crippen LogP contribution in [0, 0.1) is 15.9 Å². The van der Waals surface area contributed by atoms with Crippen LogP contribution in [0.25, 0.3) is 0 Å². The van der Waals surface area contributed by atoms with Gasteiger partial charge in [0, 0.05) is 18.2 Å². The molecule has 2 atom stereocenters. The third-order valence-electron chi connectivity index (χ3n) is 2.35. The van der Waals surface area contributed by atoms with Crippen LogP contribution in [0.5, 0.6) is 0 Å². The number of hydrogen-bond acceptors (Lipinski definition) is 4. The molecule has 16 heavy (non-hydrogen) atoms. The van der Waals surface area contributed by atoms with E-state index in [9.17, 15) is 14.5 Å². The van der Waals surface area contributed by atoms with E-state index in [1.54, 1.807) is 13.8 Å². The highest BCUT2D eigenvalue weighted by molar-refractivity contribution is 5.62. The lowest BCUT2D eigenvalue weighted by Crippen LogP contribution is -2.35. The van der Waals surface area contributed by atoms with E-state index >= 15 is 0 Å². The molecule has 0 aromatic heterocycles. The van der Waals surface area contributed by atoms with E-state index in [1.165, 1.54) is 18.2 Å². The quantitative estimate of drug-likeness (QED) is 0.607. The molecule has 0 bridgehead atoms. The standard InChI is InChI=1S/C10H14FN3O2/c1-6(12)7(2)13-10-8(11)4-3-5-9(10)14(15)16/h3-7,13H,12H2,1-2H3. The molecule has 0 heterocycles. The first-order valence-electron chi connectivity index (χ1n) is 4.88. The Balaban J connectivity index is 3.06. The van der Waals surface area contributed by atoms with E-state index in [1.807, 2.05) is 0 Å². The Labute approximate surface area is 92.6 Å². The lowest BCUT2D eigenvalue weighted by atomic mass is 10.1. The molecule has 0 aliphatic heterocycles. The Bertz CT molecular complexity index is 396. The molecule has 0 spiro atoms. The molecule has 1 aromatic carbocycles. The van der Waals surface area contributed by atoms with Crippen molar-refractivity contribution in [3.8, 4) is 0 Å². The fourth-order valence-electron chi connectivity index (χ4n) is 1.17. The Kier molecular flexibility index (Phi) is 3.78. The van der Waals surface area contributed by atoms with Crippen molar-refractivity contribution in [3.63, 3.8) is 0 Å². The summed E-state index contributed by atoms with van der Waals surface area (Å²) in [6.45, 7) is 3.48. The van der Waals surface area contributed by atoms with Gasteiger partial charge in [0.05, 0.1) is 4.92 Å². The molecule has 0 aliphatic rings. The highest BCUT2D eigenvalue weighted by atomic mass is 19.1. The molecule has 1 rings (SSSR count). The topological polar surface area (TPSA) is 81.2 Å². The van der Waals surface area contributed by atoms with E-state index in [-0.39, 0.29) is 23.5 Å². The largest absolute Gasteiger partial charge is 0.373 e. The van der Waals surface area contributed by atoms with E-state index in [0.717, 1.165) is 0 Å². The molecule has 0 fully saturated rings. The van der Waals surface area contributed by atoms with E-state index in [2.05, 4.69) is 5.32 Å². The minimum atomic E-state index is -0.651. The van der Waals surface area contributed by atoms with Gasteiger partial charge in [0.25, 0.3) is 5.69 Å². The number of nitrogens with zero attached hydrogens (tertiary/aromatic N) is 1. The molecule has 0 amide bonds. The summed E-state index contributed by atoms with van der Waals surface area (Å²) in [4.78, 5) is 10.1. The molecule has 88 valence electrons. The number of nitro groups is 1. The maximum absolute atomic E-state index is 13.4. The lowest BCUT2D eigenvalue weighted by Gasteiger charge is -2.18. The molecule has 3 N–H and O–H groups in total. The predicted molar refractivity (Wildman–Crippen MR) is 59.8 cm³/mol. The number of hydrogen-bond donors (Lipinski definition) is 2. The van der Waals surface area contributed by atoms with Gasteiger partial charge in [0.1, 0.15) is 5.69 Å². The molecule has 0 saturated carbocycles. The first kappa shape index (κ1) is 12.4. The van der Waals surface area contributed by atoms with Crippen molar-refractivity contribution in [3.05, 3.63) is 34.1 Å². The zero-order valence-electron chi connectivity index (χ0n) is 9.11. The van der Waals surface area contributed by atoms with Crippen molar-refractivity contribution in [1.29, 1.82) is 0 Å². The summed E-state index contributed by atoms with van der Waals surface area (Å²) in [5, 5.41) is 13.4. The first-order valence-corrected chi connectivity index (χ1v) is 4.88. The fraction of sp³-hybridized carbons (Fsp3) is 0.400. The Morgan fingerprint density at radius 3 is 2.62 bits per heavy atom. The van der Waals surface area contributed by atoms with Gasteiger partial charge < -0.3 is 11.1 Å². The minimum absolute atomic E-state index is 0.114. The smallest absolute Gasteiger partial charge is 0.295 e. The van der Waals surface area contributed by atoms with Crippen molar-refractivity contribution in [2.75, 3.05) is 5.32 Å². The lowest BCUT2D eigenvalue weighted by molar-refractivity contribution is -0.384. The highest BCUT2D eigenvalue weighted by Gasteiger charge is 2.20. The number of nitro benzene ring substituents is 1. The number of nitrogens with two attached hydrogens (primary N) is 1. The Hall–Kier alpha value is -1.69. The molecule has 2 unspecified atom stereocenters. The third-order valence-corrected chi connectivity index (χ3v) is 2.35. The van der Waals surface area contributed by atoms with Crippen molar-refractivity contribution in [2.45, 2.75) is 25.9 Å². The summed E-state index contributed by atoms with van der Waals surface area (Å²) in [6.07, 6.45) is 0. The van der Waals surface area contributed by atoms with Crippen LogP contribution in [-0.2, 0) is 0 Å². The number of benzene rings is 1. The first-order chi connectivity index (χ1) is 7.43. The number of rotatable bonds is 4. The summed E-state index contributed by atoms with van der Waals surface area (Å²) >= 11 is 0. The van der Waals surface area contributed by atoms with Gasteiger partial charge in [-0.2, -0.15) is 0 Å². The van der Waals surface area contributed by atoms with Crippen LogP contribution in [0.1, 0.15) is 13.8 Å². The number of nitrogens with one attached hydrogen (secondary N) is 1. The van der Waals surface area contributed by atoms with Gasteiger partial charge in [0.15, 0.2) is 5.82 Å². The molecule has 5 nitrogen and oxygen atoms in total. The van der Waals surface area contributed by atoms with Gasteiger partial charge in [-0.1, -0.05) is 6.07 Å². The summed E-state index contributed by atoms with van der Waals surface area (Å²) in [6, 6.07) is 3.23. The Morgan fingerprint density at radius 2 is 2.12 bits per heavy atom. The van der Waals surface area contributed by atoms with Crippen molar-refractivity contribution >= 4 is 11.4 Å². The molecular weight excluding hydrogens is 213 g/mol. The molecule has 6 heteroatoms. The summed E-state index contributed by atoms with van der Waals surface area (Å²) < 4.78 is 13.4. The second-order valence-electron chi connectivity index (χ2n) is 3.68. The maximum atomic E-state index is 13.4. The van der Waals surface area contributed by atoms with Crippen LogP contribution >= 0.6 is 0 Å². The van der Waals surface area contributed by atoms with Crippen molar-refractivity contribution in [2.24, 2.45) is 5.73 Å². The van der Waals surface area contributed by atoms with Gasteiger partial charge in [-0.15, -0.1) is 0 Å². The molecule has 0 aliphatic carbocycles. The monoisotopic (exact) mass is 227 g/mol. The van der Waals surface area contributed by atoms with Crippen LogP contribution in [0.4, 0.5) is 15.8 Å². The van der Waals surface area contributed by atoms with Crippen molar-refractivity contribution in [1.82, 2.24) is 0 Å². The van der Waals surface area contributed by atoms with Gasteiger partial charge in [-0.25, -0.2) is 4.39 Å². The van der Waals surface area contributed by atoms with E-state index < -0.39 is 10.7 Å². The Morgan fingerprint density at radius 1 is 1.50 bits per heavy atom. The van der Waals surface area contributed by atoms with Crippen LogP contribution in [0.2, 0.25) is 0 Å². The van der Waals surface area contributed by atoms with Gasteiger partial charge in [-0.3, -0.25) is 10.1 Å². The van der Waals surface area contributed by atoms with E-state index in [4.69, 9.17) is 5.73 Å². The zero-order chi connectivity index (χ0) is 12.3.